The molecule has 1 aliphatic rings. The van der Waals surface area contributed by atoms with E-state index in [4.69, 9.17) is 0 Å². The molecule has 0 atom stereocenters. The maximum absolute atomic E-state index is 11.8. The summed E-state index contributed by atoms with van der Waals surface area (Å²) in [4.78, 5) is 16.2. The van der Waals surface area contributed by atoms with Crippen LogP contribution < -0.4 is 5.32 Å². The molecule has 0 spiro atoms. The summed E-state index contributed by atoms with van der Waals surface area (Å²) in [5, 5.41) is 4.08. The first-order chi connectivity index (χ1) is 8.83. The molecule has 3 nitrogen and oxygen atoms in total. The third kappa shape index (κ3) is 2.50. The minimum Gasteiger partial charge on any atom is -0.356 e. The lowest BCUT2D eigenvalue weighted by Crippen LogP contribution is -2.27. The minimum atomic E-state index is 0.0973. The molecular weight excluding hydrogens is 224 g/mol. The van der Waals surface area contributed by atoms with E-state index in [1.54, 1.807) is 6.20 Å². The number of fused-ring (bicyclic) bond motifs is 1. The second-order valence-electron chi connectivity index (χ2n) is 4.92. The van der Waals surface area contributed by atoms with Crippen molar-refractivity contribution in [2.24, 2.45) is 5.92 Å². The van der Waals surface area contributed by atoms with Crippen molar-refractivity contribution in [2.45, 2.75) is 19.3 Å². The topological polar surface area (TPSA) is 42.0 Å². The Kier molecular flexibility index (Phi) is 2.97. The molecule has 3 heteroatoms. The molecule has 1 N–H and O–H groups in total. The van der Waals surface area contributed by atoms with Crippen LogP contribution in [0.25, 0.3) is 10.9 Å². The first-order valence-corrected chi connectivity index (χ1v) is 6.42. The van der Waals surface area contributed by atoms with Gasteiger partial charge in [-0.05, 0) is 30.4 Å². The van der Waals surface area contributed by atoms with Gasteiger partial charge in [0.05, 0.1) is 11.9 Å². The van der Waals surface area contributed by atoms with Crippen LogP contribution in [0.15, 0.2) is 36.5 Å². The highest BCUT2D eigenvalue weighted by Gasteiger charge is 2.21. The van der Waals surface area contributed by atoms with Crippen molar-refractivity contribution in [1.82, 2.24) is 10.3 Å². The number of carbonyl (C=O) groups is 1. The number of nitrogens with zero attached hydrogens (tertiary/aromatic N) is 1. The molecule has 18 heavy (non-hydrogen) atoms. The number of para-hydroxylation sites is 1. The maximum atomic E-state index is 11.8. The summed E-state index contributed by atoms with van der Waals surface area (Å²) in [5.41, 5.74) is 1.93. The lowest BCUT2D eigenvalue weighted by molar-refractivity contribution is -0.120. The molecular formula is C15H16N2O. The highest BCUT2D eigenvalue weighted by atomic mass is 16.1. The molecule has 1 aromatic carbocycles. The predicted octanol–water partition coefficient (Wildman–Crippen LogP) is 2.30. The Balaban J connectivity index is 1.74. The molecule has 1 fully saturated rings. The monoisotopic (exact) mass is 240 g/mol. The average Bonchev–Trinajstić information content (AvgIpc) is 3.21. The van der Waals surface area contributed by atoms with Gasteiger partial charge in [0.2, 0.25) is 5.91 Å². The number of pyridine rings is 1. The fourth-order valence-corrected chi connectivity index (χ4v) is 2.13. The van der Waals surface area contributed by atoms with E-state index in [1.807, 2.05) is 30.3 Å². The summed E-state index contributed by atoms with van der Waals surface area (Å²) >= 11 is 0. The predicted molar refractivity (Wildman–Crippen MR) is 71.2 cm³/mol. The number of amides is 1. The Morgan fingerprint density at radius 2 is 2.11 bits per heavy atom. The van der Waals surface area contributed by atoms with Crippen LogP contribution in [-0.4, -0.2) is 17.4 Å². The van der Waals surface area contributed by atoms with Crippen LogP contribution in [0.1, 0.15) is 18.4 Å². The van der Waals surface area contributed by atoms with Crippen molar-refractivity contribution in [3.63, 3.8) is 0 Å². The van der Waals surface area contributed by atoms with Crippen molar-refractivity contribution < 1.29 is 4.79 Å². The molecule has 1 heterocycles. The molecule has 1 amide bonds. The van der Waals surface area contributed by atoms with Crippen LogP contribution in [-0.2, 0) is 11.2 Å². The number of hydrogen-bond acceptors (Lipinski definition) is 2. The Morgan fingerprint density at radius 3 is 2.94 bits per heavy atom. The van der Waals surface area contributed by atoms with Crippen LogP contribution >= 0.6 is 0 Å². The van der Waals surface area contributed by atoms with Gasteiger partial charge in [0.15, 0.2) is 0 Å². The van der Waals surface area contributed by atoms with Gasteiger partial charge in [0.25, 0.3) is 0 Å². The Labute approximate surface area is 106 Å². The second-order valence-corrected chi connectivity index (χ2v) is 4.92. The van der Waals surface area contributed by atoms with Crippen molar-refractivity contribution in [2.75, 3.05) is 6.54 Å². The van der Waals surface area contributed by atoms with Gasteiger partial charge >= 0.3 is 0 Å². The van der Waals surface area contributed by atoms with Gasteiger partial charge in [-0.15, -0.1) is 0 Å². The summed E-state index contributed by atoms with van der Waals surface area (Å²) in [5.74, 6) is 0.819. The standard InChI is InChI=1S/C15H16N2O/c18-14(17-10-11-6-7-11)9-13-4-1-3-12-5-2-8-16-15(12)13/h1-5,8,11H,6-7,9-10H2,(H,17,18). The number of nitrogens with one attached hydrogen (secondary N) is 1. The molecule has 0 radical (unpaired) electrons. The lowest BCUT2D eigenvalue weighted by Gasteiger charge is -2.06. The van der Waals surface area contributed by atoms with E-state index in [2.05, 4.69) is 10.3 Å². The fourth-order valence-electron chi connectivity index (χ4n) is 2.13. The van der Waals surface area contributed by atoms with Crippen molar-refractivity contribution in [1.29, 1.82) is 0 Å². The van der Waals surface area contributed by atoms with Gasteiger partial charge in [-0.3, -0.25) is 9.78 Å². The third-order valence-electron chi connectivity index (χ3n) is 3.35. The van der Waals surface area contributed by atoms with Gasteiger partial charge in [-0.1, -0.05) is 24.3 Å². The van der Waals surface area contributed by atoms with E-state index in [1.165, 1.54) is 12.8 Å². The summed E-state index contributed by atoms with van der Waals surface area (Å²) < 4.78 is 0. The van der Waals surface area contributed by atoms with Crippen LogP contribution in [0.2, 0.25) is 0 Å². The average molecular weight is 240 g/mol. The first-order valence-electron chi connectivity index (χ1n) is 6.42. The lowest BCUT2D eigenvalue weighted by atomic mass is 10.1. The van der Waals surface area contributed by atoms with Crippen LogP contribution in [0.3, 0.4) is 0 Å². The van der Waals surface area contributed by atoms with Gasteiger partial charge in [0.1, 0.15) is 0 Å². The van der Waals surface area contributed by atoms with E-state index in [9.17, 15) is 4.79 Å². The number of benzene rings is 1. The Hall–Kier alpha value is -1.90. The number of hydrogen-bond donors (Lipinski definition) is 1. The molecule has 0 bridgehead atoms. The molecule has 0 unspecified atom stereocenters. The molecule has 0 aliphatic heterocycles. The van der Waals surface area contributed by atoms with Gasteiger partial charge in [-0.25, -0.2) is 0 Å². The summed E-state index contributed by atoms with van der Waals surface area (Å²) in [7, 11) is 0. The van der Waals surface area contributed by atoms with Crippen molar-refractivity contribution >= 4 is 16.8 Å². The van der Waals surface area contributed by atoms with E-state index >= 15 is 0 Å². The molecule has 3 rings (SSSR count). The molecule has 92 valence electrons. The van der Waals surface area contributed by atoms with Gasteiger partial charge in [0, 0.05) is 18.1 Å². The zero-order valence-electron chi connectivity index (χ0n) is 10.2. The Bertz CT molecular complexity index is 570. The van der Waals surface area contributed by atoms with E-state index in [-0.39, 0.29) is 5.91 Å². The highest BCUT2D eigenvalue weighted by Crippen LogP contribution is 2.27. The smallest absolute Gasteiger partial charge is 0.224 e. The second kappa shape index (κ2) is 4.77. The molecule has 1 saturated carbocycles. The van der Waals surface area contributed by atoms with Crippen LogP contribution in [0.5, 0.6) is 0 Å². The summed E-state index contributed by atoms with van der Waals surface area (Å²) in [6, 6.07) is 9.92. The zero-order valence-corrected chi connectivity index (χ0v) is 10.2. The first kappa shape index (κ1) is 11.2. The molecule has 2 aromatic rings. The van der Waals surface area contributed by atoms with Crippen LogP contribution in [0, 0.1) is 5.92 Å². The fraction of sp³-hybridized carbons (Fsp3) is 0.333. The minimum absolute atomic E-state index is 0.0973. The van der Waals surface area contributed by atoms with E-state index in [0.717, 1.165) is 28.9 Å². The number of carbonyl (C=O) groups excluding carboxylic acids is 1. The maximum Gasteiger partial charge on any atom is 0.224 e. The molecule has 1 aliphatic carbocycles. The van der Waals surface area contributed by atoms with Crippen molar-refractivity contribution in [3.8, 4) is 0 Å². The number of aromatic nitrogens is 1. The van der Waals surface area contributed by atoms with Gasteiger partial charge < -0.3 is 5.32 Å². The highest BCUT2D eigenvalue weighted by molar-refractivity contribution is 5.87. The van der Waals surface area contributed by atoms with Gasteiger partial charge in [-0.2, -0.15) is 0 Å². The normalized spacial score (nSPS) is 14.7. The third-order valence-corrected chi connectivity index (χ3v) is 3.35. The summed E-state index contributed by atoms with van der Waals surface area (Å²) in [6.45, 7) is 0.830. The van der Waals surface area contributed by atoms with E-state index < -0.39 is 0 Å². The SMILES string of the molecule is O=C(Cc1cccc2cccnc12)NCC1CC1. The quantitative estimate of drug-likeness (QED) is 0.891. The van der Waals surface area contributed by atoms with Crippen molar-refractivity contribution in [3.05, 3.63) is 42.1 Å². The summed E-state index contributed by atoms with van der Waals surface area (Å²) in [6.07, 6.45) is 4.71. The van der Waals surface area contributed by atoms with Crippen LogP contribution in [0.4, 0.5) is 0 Å². The molecule has 1 aromatic heterocycles. The zero-order chi connectivity index (χ0) is 12.4. The molecule has 0 saturated heterocycles. The largest absolute Gasteiger partial charge is 0.356 e. The van der Waals surface area contributed by atoms with E-state index in [0.29, 0.717) is 6.42 Å². The Morgan fingerprint density at radius 1 is 1.28 bits per heavy atom. The number of rotatable bonds is 4.